The van der Waals surface area contributed by atoms with Crippen LogP contribution in [0, 0.1) is 23.7 Å². The number of fused-ring (bicyclic) bond motifs is 1. The van der Waals surface area contributed by atoms with Crippen LogP contribution in [-0.4, -0.2) is 34.4 Å². The highest BCUT2D eigenvalue weighted by Gasteiger charge is 2.43. The molecule has 0 amide bonds. The Morgan fingerprint density at radius 2 is 2.00 bits per heavy atom. The van der Waals surface area contributed by atoms with Gasteiger partial charge in [-0.25, -0.2) is 0 Å². The molecule has 0 bridgehead atoms. The Hall–Kier alpha value is -1.36. The molecule has 1 fully saturated rings. The maximum Gasteiger partial charge on any atom is 0.317 e. The van der Waals surface area contributed by atoms with E-state index in [1.165, 1.54) is 0 Å². The first-order chi connectivity index (χ1) is 10.7. The fraction of sp³-hybridized carbons (Fsp3) is 0.778. The highest BCUT2D eigenvalue weighted by atomic mass is 16.5. The van der Waals surface area contributed by atoms with Crippen LogP contribution in [0.2, 0.25) is 0 Å². The minimum Gasteiger partial charge on any atom is -0.481 e. The van der Waals surface area contributed by atoms with Crippen molar-refractivity contribution in [3.8, 4) is 0 Å². The van der Waals surface area contributed by atoms with Gasteiger partial charge in [0.15, 0.2) is 0 Å². The van der Waals surface area contributed by atoms with Crippen LogP contribution in [0.3, 0.4) is 0 Å². The van der Waals surface area contributed by atoms with Gasteiger partial charge in [-0.2, -0.15) is 0 Å². The van der Waals surface area contributed by atoms with Gasteiger partial charge in [-0.05, 0) is 62.4 Å². The molecule has 0 heterocycles. The summed E-state index contributed by atoms with van der Waals surface area (Å²) < 4.78 is 5.07. The first-order valence-electron chi connectivity index (χ1n) is 8.48. The van der Waals surface area contributed by atoms with Crippen LogP contribution >= 0.6 is 0 Å². The fourth-order valence-electron chi connectivity index (χ4n) is 4.24. The smallest absolute Gasteiger partial charge is 0.317 e. The van der Waals surface area contributed by atoms with Gasteiger partial charge in [-0.1, -0.05) is 19.4 Å². The molecule has 5 heteroatoms. The summed E-state index contributed by atoms with van der Waals surface area (Å²) in [5, 5.41) is 19.1. The molecule has 2 N–H and O–H groups in total. The third kappa shape index (κ3) is 4.56. The van der Waals surface area contributed by atoms with E-state index >= 15 is 0 Å². The van der Waals surface area contributed by atoms with E-state index in [0.717, 1.165) is 31.3 Å². The van der Waals surface area contributed by atoms with Crippen molar-refractivity contribution < 1.29 is 24.5 Å². The second-order valence-electron chi connectivity index (χ2n) is 7.65. The van der Waals surface area contributed by atoms with Crippen LogP contribution in [0.1, 0.15) is 52.9 Å². The van der Waals surface area contributed by atoms with Crippen molar-refractivity contribution >= 4 is 11.9 Å². The second kappa shape index (κ2) is 7.04. The van der Waals surface area contributed by atoms with Crippen LogP contribution in [0.5, 0.6) is 0 Å². The SMILES string of the molecule is CC1CCC(C(C)(C)O)C2C=C(COC(=O)CC(=O)O)CCC12. The summed E-state index contributed by atoms with van der Waals surface area (Å²) in [7, 11) is 0. The lowest BCUT2D eigenvalue weighted by Gasteiger charge is -2.47. The van der Waals surface area contributed by atoms with Crippen LogP contribution in [0.15, 0.2) is 11.6 Å². The Kier molecular flexibility index (Phi) is 5.50. The van der Waals surface area contributed by atoms with Crippen molar-refractivity contribution in [1.82, 2.24) is 0 Å². The molecule has 2 aliphatic rings. The van der Waals surface area contributed by atoms with Gasteiger partial charge in [0, 0.05) is 0 Å². The summed E-state index contributed by atoms with van der Waals surface area (Å²) in [6.07, 6.45) is 5.66. The summed E-state index contributed by atoms with van der Waals surface area (Å²) in [6.45, 7) is 6.20. The zero-order chi connectivity index (χ0) is 17.2. The quantitative estimate of drug-likeness (QED) is 0.461. The topological polar surface area (TPSA) is 83.8 Å². The first-order valence-corrected chi connectivity index (χ1v) is 8.48. The maximum atomic E-state index is 11.4. The van der Waals surface area contributed by atoms with Crippen molar-refractivity contribution in [2.45, 2.75) is 58.5 Å². The van der Waals surface area contributed by atoms with Crippen molar-refractivity contribution in [2.24, 2.45) is 23.7 Å². The molecule has 130 valence electrons. The number of esters is 1. The van der Waals surface area contributed by atoms with Gasteiger partial charge in [0.25, 0.3) is 0 Å². The molecule has 1 saturated carbocycles. The zero-order valence-corrected chi connectivity index (χ0v) is 14.2. The fourth-order valence-corrected chi connectivity index (χ4v) is 4.24. The number of rotatable bonds is 5. The standard InChI is InChI=1S/C18H28O5/c1-11-4-7-15(18(2,3)22)14-8-12(5-6-13(11)14)10-23-17(21)9-16(19)20/h8,11,13-15,22H,4-7,9-10H2,1-3H3,(H,19,20). The lowest BCUT2D eigenvalue weighted by atomic mass is 9.59. The summed E-state index contributed by atoms with van der Waals surface area (Å²) in [6, 6.07) is 0. The molecule has 0 aromatic carbocycles. The van der Waals surface area contributed by atoms with E-state index in [-0.39, 0.29) is 12.5 Å². The number of hydrogen-bond acceptors (Lipinski definition) is 4. The van der Waals surface area contributed by atoms with Crippen LogP contribution < -0.4 is 0 Å². The Morgan fingerprint density at radius 3 is 2.61 bits per heavy atom. The number of ether oxygens (including phenoxy) is 1. The molecule has 0 aromatic rings. The van der Waals surface area contributed by atoms with Crippen LogP contribution in [0.4, 0.5) is 0 Å². The van der Waals surface area contributed by atoms with Gasteiger partial charge in [-0.15, -0.1) is 0 Å². The average molecular weight is 324 g/mol. The second-order valence-corrected chi connectivity index (χ2v) is 7.65. The Labute approximate surface area is 137 Å². The third-order valence-electron chi connectivity index (χ3n) is 5.47. The van der Waals surface area contributed by atoms with Gasteiger partial charge in [0.2, 0.25) is 0 Å². The number of carbonyl (C=O) groups is 2. The van der Waals surface area contributed by atoms with Crippen molar-refractivity contribution in [1.29, 1.82) is 0 Å². The molecule has 0 saturated heterocycles. The van der Waals surface area contributed by atoms with Gasteiger partial charge in [-0.3, -0.25) is 9.59 Å². The van der Waals surface area contributed by atoms with E-state index in [9.17, 15) is 14.7 Å². The van der Waals surface area contributed by atoms with Gasteiger partial charge in [0.1, 0.15) is 13.0 Å². The minimum atomic E-state index is -1.17. The average Bonchev–Trinajstić information content (AvgIpc) is 2.43. The van der Waals surface area contributed by atoms with Gasteiger partial charge >= 0.3 is 11.9 Å². The van der Waals surface area contributed by atoms with E-state index in [0.29, 0.717) is 17.8 Å². The van der Waals surface area contributed by atoms with Gasteiger partial charge < -0.3 is 14.9 Å². The molecular formula is C18H28O5. The lowest BCUT2D eigenvalue weighted by molar-refractivity contribution is -0.150. The predicted molar refractivity (Wildman–Crippen MR) is 85.7 cm³/mol. The molecular weight excluding hydrogens is 296 g/mol. The zero-order valence-electron chi connectivity index (χ0n) is 14.2. The Morgan fingerprint density at radius 1 is 1.30 bits per heavy atom. The van der Waals surface area contributed by atoms with Crippen molar-refractivity contribution in [3.05, 3.63) is 11.6 Å². The highest BCUT2D eigenvalue weighted by molar-refractivity contribution is 5.90. The van der Waals surface area contributed by atoms with E-state index in [1.54, 1.807) is 0 Å². The maximum absolute atomic E-state index is 11.4. The molecule has 4 unspecified atom stereocenters. The molecule has 2 aliphatic carbocycles. The van der Waals surface area contributed by atoms with E-state index < -0.39 is 24.0 Å². The number of carboxylic acids is 1. The Balaban J connectivity index is 2.06. The monoisotopic (exact) mass is 324 g/mol. The van der Waals surface area contributed by atoms with E-state index in [4.69, 9.17) is 9.84 Å². The van der Waals surface area contributed by atoms with Crippen LogP contribution in [0.25, 0.3) is 0 Å². The highest BCUT2D eigenvalue weighted by Crippen LogP contribution is 2.48. The largest absolute Gasteiger partial charge is 0.481 e. The number of hydrogen-bond donors (Lipinski definition) is 2. The van der Waals surface area contributed by atoms with Crippen molar-refractivity contribution in [3.63, 3.8) is 0 Å². The summed E-state index contributed by atoms with van der Waals surface area (Å²) in [5.41, 5.74) is 0.329. The minimum absolute atomic E-state index is 0.169. The van der Waals surface area contributed by atoms with Crippen molar-refractivity contribution in [2.75, 3.05) is 6.61 Å². The Bertz CT molecular complexity index is 488. The number of carbonyl (C=O) groups excluding carboxylic acids is 1. The first kappa shape index (κ1) is 18.0. The normalized spacial score (nSPS) is 31.0. The van der Waals surface area contributed by atoms with Crippen LogP contribution in [-0.2, 0) is 14.3 Å². The van der Waals surface area contributed by atoms with E-state index in [2.05, 4.69) is 13.0 Å². The summed E-state index contributed by atoms with van der Waals surface area (Å²) in [4.78, 5) is 21.9. The third-order valence-corrected chi connectivity index (χ3v) is 5.47. The predicted octanol–water partition coefficient (Wildman–Crippen LogP) is 2.77. The molecule has 0 aromatic heterocycles. The number of carboxylic acid groups (broad SMARTS) is 1. The molecule has 23 heavy (non-hydrogen) atoms. The lowest BCUT2D eigenvalue weighted by Crippen LogP contribution is -2.44. The van der Waals surface area contributed by atoms with Gasteiger partial charge in [0.05, 0.1) is 5.60 Å². The molecule has 2 rings (SSSR count). The van der Waals surface area contributed by atoms with E-state index in [1.807, 2.05) is 13.8 Å². The molecule has 4 atom stereocenters. The number of aliphatic carboxylic acids is 1. The number of aliphatic hydroxyl groups is 1. The molecule has 5 nitrogen and oxygen atoms in total. The summed E-state index contributed by atoms with van der Waals surface area (Å²) in [5.74, 6) is -0.133. The number of allylic oxidation sites excluding steroid dienone is 1. The molecule has 0 spiro atoms. The molecule has 0 radical (unpaired) electrons. The summed E-state index contributed by atoms with van der Waals surface area (Å²) >= 11 is 0. The molecule has 0 aliphatic heterocycles.